The number of quaternary nitrogens is 1. The first-order valence-electron chi connectivity index (χ1n) is 4.80. The number of ether oxygens (including phenoxy) is 1. The molecule has 0 spiro atoms. The number of hydrogen-bond acceptors (Lipinski definition) is 3. The predicted molar refractivity (Wildman–Crippen MR) is 56.4 cm³/mol. The monoisotopic (exact) mass is 236 g/mol. The molecule has 0 amide bonds. The molecular weight excluding hydrogens is 216 g/mol. The third kappa shape index (κ3) is 6.49. The molecular formula is C10H21ClN2O2. The van der Waals surface area contributed by atoms with Crippen molar-refractivity contribution in [1.82, 2.24) is 0 Å². The van der Waals surface area contributed by atoms with E-state index in [-0.39, 0.29) is 24.6 Å². The van der Waals surface area contributed by atoms with Crippen molar-refractivity contribution < 1.29 is 26.4 Å². The Morgan fingerprint density at radius 3 is 2.53 bits per heavy atom. The number of nitrogens with two attached hydrogens (primary N) is 1. The van der Waals surface area contributed by atoms with Gasteiger partial charge in [0.2, 0.25) is 6.23 Å². The van der Waals surface area contributed by atoms with Crippen LogP contribution in [-0.4, -0.2) is 43.9 Å². The van der Waals surface area contributed by atoms with Crippen LogP contribution in [0.1, 0.15) is 13.3 Å². The Balaban J connectivity index is 0. The summed E-state index contributed by atoms with van der Waals surface area (Å²) in [6.07, 6.45) is 1.93. The van der Waals surface area contributed by atoms with E-state index in [2.05, 4.69) is 6.58 Å². The molecule has 1 unspecified atom stereocenters. The first-order valence-corrected chi connectivity index (χ1v) is 4.80. The van der Waals surface area contributed by atoms with Gasteiger partial charge in [-0.3, -0.25) is 4.48 Å². The number of hydrogen-bond donors (Lipinski definition) is 1. The molecule has 0 aliphatic carbocycles. The van der Waals surface area contributed by atoms with Crippen LogP contribution in [0.2, 0.25) is 0 Å². The smallest absolute Gasteiger partial charge is 0.334 e. The Morgan fingerprint density at radius 1 is 1.60 bits per heavy atom. The lowest BCUT2D eigenvalue weighted by atomic mass is 10.3. The van der Waals surface area contributed by atoms with Gasteiger partial charge in [0, 0.05) is 19.4 Å². The quantitative estimate of drug-likeness (QED) is 0.240. The SMILES string of the molecule is C=CC(=O)OC(C)[N+](C)(C)CCCN.[Cl-]. The van der Waals surface area contributed by atoms with Crippen molar-refractivity contribution in [2.24, 2.45) is 5.73 Å². The Hall–Kier alpha value is -0.580. The lowest BCUT2D eigenvalue weighted by Gasteiger charge is -2.34. The van der Waals surface area contributed by atoms with E-state index in [9.17, 15) is 4.79 Å². The van der Waals surface area contributed by atoms with Crippen LogP contribution in [0.4, 0.5) is 0 Å². The van der Waals surface area contributed by atoms with Crippen LogP contribution in [0.25, 0.3) is 0 Å². The van der Waals surface area contributed by atoms with E-state index in [0.29, 0.717) is 11.0 Å². The van der Waals surface area contributed by atoms with E-state index in [0.717, 1.165) is 13.0 Å². The third-order valence-corrected chi connectivity index (χ3v) is 2.38. The number of carbonyl (C=O) groups is 1. The number of halogens is 1. The van der Waals surface area contributed by atoms with Gasteiger partial charge in [-0.25, -0.2) is 4.79 Å². The highest BCUT2D eigenvalue weighted by molar-refractivity contribution is 5.81. The molecule has 0 saturated carbocycles. The molecule has 0 aliphatic heterocycles. The zero-order valence-corrected chi connectivity index (χ0v) is 10.5. The summed E-state index contributed by atoms with van der Waals surface area (Å²) in [4.78, 5) is 11.0. The lowest BCUT2D eigenvalue weighted by molar-refractivity contribution is -0.932. The van der Waals surface area contributed by atoms with Crippen LogP contribution in [0.15, 0.2) is 12.7 Å². The van der Waals surface area contributed by atoms with Gasteiger partial charge >= 0.3 is 5.97 Å². The maximum atomic E-state index is 11.0. The van der Waals surface area contributed by atoms with E-state index < -0.39 is 0 Å². The fraction of sp³-hybridized carbons (Fsp3) is 0.700. The second-order valence-electron chi connectivity index (χ2n) is 3.88. The van der Waals surface area contributed by atoms with Crippen LogP contribution >= 0.6 is 0 Å². The number of carbonyl (C=O) groups excluding carboxylic acids is 1. The average Bonchev–Trinajstić information content (AvgIpc) is 2.14. The summed E-state index contributed by atoms with van der Waals surface area (Å²) in [6, 6.07) is 0. The van der Waals surface area contributed by atoms with Gasteiger partial charge < -0.3 is 22.9 Å². The van der Waals surface area contributed by atoms with E-state index >= 15 is 0 Å². The summed E-state index contributed by atoms with van der Waals surface area (Å²) in [7, 11) is 4.02. The highest BCUT2D eigenvalue weighted by Gasteiger charge is 2.25. The standard InChI is InChI=1S/C10H21N2O2.ClH/c1-5-10(13)14-9(2)12(3,4)8-6-7-11;/h5,9H,1,6-8,11H2,2-4H3;1H/q+1;/p-1. The van der Waals surface area contributed by atoms with Gasteiger partial charge in [0.05, 0.1) is 20.6 Å². The molecule has 4 nitrogen and oxygen atoms in total. The van der Waals surface area contributed by atoms with Gasteiger partial charge in [0.15, 0.2) is 0 Å². The first kappa shape index (κ1) is 16.8. The Morgan fingerprint density at radius 2 is 2.13 bits per heavy atom. The maximum Gasteiger partial charge on any atom is 0.334 e. The second kappa shape index (κ2) is 7.68. The molecule has 5 heteroatoms. The van der Waals surface area contributed by atoms with Crippen molar-refractivity contribution >= 4 is 5.97 Å². The van der Waals surface area contributed by atoms with Gasteiger partial charge in [0.1, 0.15) is 0 Å². The molecule has 0 bridgehead atoms. The second-order valence-corrected chi connectivity index (χ2v) is 3.88. The first-order chi connectivity index (χ1) is 6.44. The Kier molecular flexibility index (Phi) is 8.62. The van der Waals surface area contributed by atoms with Gasteiger partial charge in [-0.05, 0) is 6.54 Å². The molecule has 0 aromatic rings. The van der Waals surface area contributed by atoms with Crippen LogP contribution in [0, 0.1) is 0 Å². The molecule has 0 heterocycles. The summed E-state index contributed by atoms with van der Waals surface area (Å²) in [5.74, 6) is -0.378. The number of nitrogens with zero attached hydrogens (tertiary/aromatic N) is 1. The van der Waals surface area contributed by atoms with Crippen LogP contribution in [-0.2, 0) is 9.53 Å². The molecule has 2 N–H and O–H groups in total. The average molecular weight is 237 g/mol. The van der Waals surface area contributed by atoms with Gasteiger partial charge in [-0.2, -0.15) is 0 Å². The lowest BCUT2D eigenvalue weighted by Crippen LogP contribution is -3.00. The van der Waals surface area contributed by atoms with Crippen LogP contribution in [0.5, 0.6) is 0 Å². The maximum absolute atomic E-state index is 11.0. The van der Waals surface area contributed by atoms with Crippen molar-refractivity contribution in [3.8, 4) is 0 Å². The van der Waals surface area contributed by atoms with Crippen molar-refractivity contribution in [2.45, 2.75) is 19.6 Å². The Labute approximate surface area is 98.1 Å². The summed E-state index contributed by atoms with van der Waals surface area (Å²) in [5, 5.41) is 0. The minimum atomic E-state index is -0.378. The summed E-state index contributed by atoms with van der Waals surface area (Å²) in [6.45, 7) is 6.78. The zero-order valence-electron chi connectivity index (χ0n) is 9.70. The van der Waals surface area contributed by atoms with Gasteiger partial charge in [-0.15, -0.1) is 0 Å². The van der Waals surface area contributed by atoms with Crippen LogP contribution in [0.3, 0.4) is 0 Å². The fourth-order valence-corrected chi connectivity index (χ4v) is 1.04. The third-order valence-electron chi connectivity index (χ3n) is 2.38. The topological polar surface area (TPSA) is 52.3 Å². The van der Waals surface area contributed by atoms with E-state index in [1.165, 1.54) is 6.08 Å². The van der Waals surface area contributed by atoms with Crippen molar-refractivity contribution in [3.63, 3.8) is 0 Å². The van der Waals surface area contributed by atoms with Crippen molar-refractivity contribution in [2.75, 3.05) is 27.2 Å². The molecule has 15 heavy (non-hydrogen) atoms. The highest BCUT2D eigenvalue weighted by atomic mass is 35.5. The molecule has 0 aliphatic rings. The van der Waals surface area contributed by atoms with Crippen molar-refractivity contribution in [1.29, 1.82) is 0 Å². The fourth-order valence-electron chi connectivity index (χ4n) is 1.04. The summed E-state index contributed by atoms with van der Waals surface area (Å²) < 4.78 is 5.76. The molecule has 0 radical (unpaired) electrons. The van der Waals surface area contributed by atoms with E-state index in [1.807, 2.05) is 21.0 Å². The summed E-state index contributed by atoms with van der Waals surface area (Å²) in [5.41, 5.74) is 5.43. The molecule has 0 aromatic carbocycles. The molecule has 0 fully saturated rings. The van der Waals surface area contributed by atoms with Gasteiger partial charge in [-0.1, -0.05) is 6.58 Å². The minimum absolute atomic E-state index is 0. The van der Waals surface area contributed by atoms with Gasteiger partial charge in [0.25, 0.3) is 0 Å². The van der Waals surface area contributed by atoms with Crippen molar-refractivity contribution in [3.05, 3.63) is 12.7 Å². The molecule has 0 rings (SSSR count). The highest BCUT2D eigenvalue weighted by Crippen LogP contribution is 2.09. The summed E-state index contributed by atoms with van der Waals surface area (Å²) >= 11 is 0. The van der Waals surface area contributed by atoms with E-state index in [1.54, 1.807) is 0 Å². The number of rotatable bonds is 6. The predicted octanol–water partition coefficient (Wildman–Crippen LogP) is -2.51. The molecule has 0 saturated heterocycles. The Bertz CT molecular complexity index is 208. The van der Waals surface area contributed by atoms with Crippen LogP contribution < -0.4 is 18.1 Å². The van der Waals surface area contributed by atoms with E-state index in [4.69, 9.17) is 10.5 Å². The minimum Gasteiger partial charge on any atom is -1.00 e. The normalized spacial score (nSPS) is 12.5. The number of esters is 1. The molecule has 0 aromatic heterocycles. The largest absolute Gasteiger partial charge is 1.00 e. The molecule has 90 valence electrons. The molecule has 1 atom stereocenters. The zero-order chi connectivity index (χ0) is 11.2.